The topological polar surface area (TPSA) is 35.2 Å². The third-order valence-electron chi connectivity index (χ3n) is 5.96. The highest BCUT2D eigenvalue weighted by molar-refractivity contribution is 5.46. The summed E-state index contributed by atoms with van der Waals surface area (Å²) in [5, 5.41) is 0. The Kier molecular flexibility index (Phi) is 2.69. The van der Waals surface area contributed by atoms with Gasteiger partial charge in [-0.05, 0) is 54.7 Å². The van der Waals surface area contributed by atoms with Gasteiger partial charge in [0.05, 0.1) is 6.61 Å². The summed E-state index contributed by atoms with van der Waals surface area (Å²) in [6.45, 7) is 5.30. The Morgan fingerprint density at radius 3 is 2.80 bits per heavy atom. The van der Waals surface area contributed by atoms with Crippen LogP contribution in [0.2, 0.25) is 0 Å². The third-order valence-corrected chi connectivity index (χ3v) is 5.96. The Morgan fingerprint density at radius 2 is 2.10 bits per heavy atom. The van der Waals surface area contributed by atoms with E-state index in [9.17, 15) is 0 Å². The maximum atomic E-state index is 6.63. The third kappa shape index (κ3) is 1.81. The van der Waals surface area contributed by atoms with E-state index in [-0.39, 0.29) is 11.5 Å². The average molecular weight is 271 g/mol. The smallest absolute Gasteiger partial charge is 0.123 e. The summed E-state index contributed by atoms with van der Waals surface area (Å²) < 4.78 is 5.78. The molecule has 1 heterocycles. The Labute approximate surface area is 121 Å². The Morgan fingerprint density at radius 1 is 1.25 bits per heavy atom. The summed E-state index contributed by atoms with van der Waals surface area (Å²) in [5.41, 5.74) is 9.41. The van der Waals surface area contributed by atoms with Crippen LogP contribution in [0.1, 0.15) is 56.7 Å². The van der Waals surface area contributed by atoms with Crippen LogP contribution in [0.5, 0.6) is 5.75 Å². The fraction of sp³-hybridized carbons (Fsp3) is 0.667. The summed E-state index contributed by atoms with van der Waals surface area (Å²) in [7, 11) is 0. The van der Waals surface area contributed by atoms with Gasteiger partial charge < -0.3 is 10.5 Å². The number of benzene rings is 1. The van der Waals surface area contributed by atoms with Gasteiger partial charge in [0, 0.05) is 17.0 Å². The lowest BCUT2D eigenvalue weighted by molar-refractivity contribution is 0.284. The van der Waals surface area contributed by atoms with Crippen molar-refractivity contribution in [3.8, 4) is 5.75 Å². The van der Waals surface area contributed by atoms with Crippen LogP contribution in [0.25, 0.3) is 0 Å². The molecule has 4 unspecified atom stereocenters. The highest BCUT2D eigenvalue weighted by atomic mass is 16.5. The maximum Gasteiger partial charge on any atom is 0.123 e. The fourth-order valence-corrected chi connectivity index (χ4v) is 4.73. The van der Waals surface area contributed by atoms with Crippen LogP contribution in [0.15, 0.2) is 18.2 Å². The molecule has 0 aromatic heterocycles. The summed E-state index contributed by atoms with van der Waals surface area (Å²) >= 11 is 0. The van der Waals surface area contributed by atoms with Crippen molar-refractivity contribution in [1.29, 1.82) is 0 Å². The van der Waals surface area contributed by atoms with E-state index in [1.807, 2.05) is 0 Å². The molecular weight excluding hydrogens is 246 g/mol. The predicted octanol–water partition coefficient (Wildman–Crippen LogP) is 3.79. The highest BCUT2D eigenvalue weighted by Crippen LogP contribution is 2.52. The van der Waals surface area contributed by atoms with E-state index in [2.05, 4.69) is 32.0 Å². The van der Waals surface area contributed by atoms with Crippen LogP contribution >= 0.6 is 0 Å². The molecule has 4 rings (SSSR count). The van der Waals surface area contributed by atoms with Gasteiger partial charge in [0.15, 0.2) is 0 Å². The number of nitrogens with two attached hydrogens (primary N) is 1. The molecule has 1 aliphatic heterocycles. The van der Waals surface area contributed by atoms with Gasteiger partial charge >= 0.3 is 0 Å². The normalized spacial score (nSPS) is 34.9. The van der Waals surface area contributed by atoms with Gasteiger partial charge in [0.2, 0.25) is 0 Å². The van der Waals surface area contributed by atoms with Crippen LogP contribution in [0, 0.1) is 17.8 Å². The largest absolute Gasteiger partial charge is 0.492 e. The second-order valence-electron chi connectivity index (χ2n) is 7.79. The average Bonchev–Trinajstić information content (AvgIpc) is 3.13. The molecule has 2 aliphatic carbocycles. The van der Waals surface area contributed by atoms with Gasteiger partial charge in [-0.2, -0.15) is 0 Å². The van der Waals surface area contributed by atoms with Gasteiger partial charge in [0.1, 0.15) is 5.75 Å². The quantitative estimate of drug-likeness (QED) is 0.888. The van der Waals surface area contributed by atoms with E-state index >= 15 is 0 Å². The van der Waals surface area contributed by atoms with E-state index < -0.39 is 0 Å². The summed E-state index contributed by atoms with van der Waals surface area (Å²) in [6, 6.07) is 6.86. The van der Waals surface area contributed by atoms with Crippen molar-refractivity contribution in [2.45, 2.75) is 51.0 Å². The monoisotopic (exact) mass is 271 g/mol. The van der Waals surface area contributed by atoms with Crippen LogP contribution in [-0.4, -0.2) is 6.61 Å². The fourth-order valence-electron chi connectivity index (χ4n) is 4.73. The SMILES string of the molecule is CC1(C)COc2ccc(C(N)C3CC4CCC3C4)cc21. The number of hydrogen-bond donors (Lipinski definition) is 1. The zero-order chi connectivity index (χ0) is 13.9. The highest BCUT2D eigenvalue weighted by Gasteiger charge is 2.42. The summed E-state index contributed by atoms with van der Waals surface area (Å²) in [4.78, 5) is 0. The van der Waals surface area contributed by atoms with Crippen molar-refractivity contribution in [3.63, 3.8) is 0 Å². The number of fused-ring (bicyclic) bond motifs is 3. The van der Waals surface area contributed by atoms with Crippen molar-refractivity contribution in [1.82, 2.24) is 0 Å². The molecule has 108 valence electrons. The number of hydrogen-bond acceptors (Lipinski definition) is 2. The molecule has 20 heavy (non-hydrogen) atoms. The van der Waals surface area contributed by atoms with Crippen molar-refractivity contribution < 1.29 is 4.74 Å². The second-order valence-corrected chi connectivity index (χ2v) is 7.79. The van der Waals surface area contributed by atoms with Crippen LogP contribution in [-0.2, 0) is 5.41 Å². The zero-order valence-electron chi connectivity index (χ0n) is 12.6. The zero-order valence-corrected chi connectivity index (χ0v) is 12.6. The molecule has 0 radical (unpaired) electrons. The maximum absolute atomic E-state index is 6.63. The second kappa shape index (κ2) is 4.24. The first-order valence-corrected chi connectivity index (χ1v) is 8.07. The number of rotatable bonds is 2. The van der Waals surface area contributed by atoms with Crippen molar-refractivity contribution >= 4 is 0 Å². The van der Waals surface area contributed by atoms with E-state index in [1.165, 1.54) is 36.8 Å². The van der Waals surface area contributed by atoms with Crippen LogP contribution in [0.3, 0.4) is 0 Å². The molecule has 0 amide bonds. The van der Waals surface area contributed by atoms with E-state index in [0.29, 0.717) is 5.92 Å². The van der Waals surface area contributed by atoms with Gasteiger partial charge in [-0.1, -0.05) is 26.3 Å². The molecule has 2 N–H and O–H groups in total. The molecule has 2 fully saturated rings. The van der Waals surface area contributed by atoms with Gasteiger partial charge in [-0.15, -0.1) is 0 Å². The molecule has 4 atom stereocenters. The first-order chi connectivity index (χ1) is 9.54. The lowest BCUT2D eigenvalue weighted by Gasteiger charge is -2.28. The predicted molar refractivity (Wildman–Crippen MR) is 80.8 cm³/mol. The number of ether oxygens (including phenoxy) is 1. The van der Waals surface area contributed by atoms with Gasteiger partial charge in [-0.25, -0.2) is 0 Å². The van der Waals surface area contributed by atoms with Crippen molar-refractivity contribution in [2.24, 2.45) is 23.5 Å². The molecule has 2 nitrogen and oxygen atoms in total. The molecule has 2 bridgehead atoms. The van der Waals surface area contributed by atoms with Gasteiger partial charge in [0.25, 0.3) is 0 Å². The summed E-state index contributed by atoms with van der Waals surface area (Å²) in [5.74, 6) is 3.61. The molecule has 2 heteroatoms. The standard InChI is InChI=1S/C18H25NO/c1-18(2)10-20-16-6-5-13(9-15(16)18)17(19)14-8-11-3-4-12(14)7-11/h5-6,9,11-12,14,17H,3-4,7-8,10,19H2,1-2H3. The Bertz CT molecular complexity index is 536. The molecular formula is C18H25NO. The van der Waals surface area contributed by atoms with E-state index in [4.69, 9.17) is 10.5 Å². The first kappa shape index (κ1) is 12.7. The molecule has 2 saturated carbocycles. The van der Waals surface area contributed by atoms with Crippen molar-refractivity contribution in [3.05, 3.63) is 29.3 Å². The molecule has 1 aromatic rings. The molecule has 0 spiro atoms. The van der Waals surface area contributed by atoms with Crippen molar-refractivity contribution in [2.75, 3.05) is 6.61 Å². The lowest BCUT2D eigenvalue weighted by atomic mass is 9.79. The molecule has 1 aromatic carbocycles. The minimum atomic E-state index is 0.125. The first-order valence-electron chi connectivity index (χ1n) is 8.07. The minimum Gasteiger partial charge on any atom is -0.492 e. The molecule has 0 saturated heterocycles. The van der Waals surface area contributed by atoms with E-state index in [0.717, 1.165) is 24.2 Å². The molecule has 3 aliphatic rings. The Balaban J connectivity index is 1.63. The van der Waals surface area contributed by atoms with Gasteiger partial charge in [-0.3, -0.25) is 0 Å². The van der Waals surface area contributed by atoms with Crippen LogP contribution in [0.4, 0.5) is 0 Å². The minimum absolute atomic E-state index is 0.125. The lowest BCUT2D eigenvalue weighted by Crippen LogP contribution is -2.26. The van der Waals surface area contributed by atoms with Crippen LogP contribution < -0.4 is 10.5 Å². The Hall–Kier alpha value is -1.02. The van der Waals surface area contributed by atoms with E-state index in [1.54, 1.807) is 0 Å². The summed E-state index contributed by atoms with van der Waals surface area (Å²) in [6.07, 6.45) is 5.63.